The monoisotopic (exact) mass is 179 g/mol. The fourth-order valence-electron chi connectivity index (χ4n) is 1.33. The normalized spacial score (nSPS) is 16.2. The maximum Gasteiger partial charge on any atom is 0.200 e. The average Bonchev–Trinajstić information content (AvgIpc) is 2.82. The Bertz CT molecular complexity index is 339. The average molecular weight is 179 g/mol. The van der Waals surface area contributed by atoms with Gasteiger partial charge in [0.05, 0.1) is 0 Å². The van der Waals surface area contributed by atoms with Gasteiger partial charge < -0.3 is 4.57 Å². The number of carbonyl (C=O) groups is 1. The Balaban J connectivity index is 2.14. The molecule has 70 valence electrons. The molecule has 0 aliphatic heterocycles. The highest BCUT2D eigenvalue weighted by molar-refractivity contribution is 5.93. The standard InChI is InChI=1S/C9H13N3O/c1-6-10-11-9(12(6)2)8(13)5-7-3-4-7/h7H,3-5H2,1-2H3. The van der Waals surface area contributed by atoms with Gasteiger partial charge in [0.2, 0.25) is 0 Å². The number of hydrogen-bond acceptors (Lipinski definition) is 3. The largest absolute Gasteiger partial charge is 0.312 e. The minimum Gasteiger partial charge on any atom is -0.312 e. The van der Waals surface area contributed by atoms with E-state index in [-0.39, 0.29) is 5.78 Å². The quantitative estimate of drug-likeness (QED) is 0.653. The molecule has 0 aromatic carbocycles. The number of aromatic nitrogens is 3. The summed E-state index contributed by atoms with van der Waals surface area (Å²) in [5.74, 6) is 2.04. The van der Waals surface area contributed by atoms with Gasteiger partial charge in [0, 0.05) is 13.5 Å². The van der Waals surface area contributed by atoms with Gasteiger partial charge in [0.15, 0.2) is 11.6 Å². The Hall–Kier alpha value is -1.19. The van der Waals surface area contributed by atoms with E-state index in [4.69, 9.17) is 0 Å². The molecule has 1 aliphatic carbocycles. The lowest BCUT2D eigenvalue weighted by Crippen LogP contribution is -2.08. The van der Waals surface area contributed by atoms with E-state index in [1.165, 1.54) is 12.8 Å². The van der Waals surface area contributed by atoms with E-state index in [0.29, 0.717) is 18.2 Å². The molecule has 1 fully saturated rings. The van der Waals surface area contributed by atoms with Gasteiger partial charge in [0.25, 0.3) is 0 Å². The van der Waals surface area contributed by atoms with Crippen LogP contribution in [0, 0.1) is 12.8 Å². The fourth-order valence-corrected chi connectivity index (χ4v) is 1.33. The summed E-state index contributed by atoms with van der Waals surface area (Å²) in [5, 5.41) is 7.72. The van der Waals surface area contributed by atoms with Crippen molar-refractivity contribution in [2.45, 2.75) is 26.2 Å². The lowest BCUT2D eigenvalue weighted by molar-refractivity contribution is 0.0962. The topological polar surface area (TPSA) is 47.8 Å². The van der Waals surface area contributed by atoms with E-state index >= 15 is 0 Å². The zero-order valence-electron chi connectivity index (χ0n) is 7.95. The second-order valence-corrected chi connectivity index (χ2v) is 3.70. The highest BCUT2D eigenvalue weighted by Gasteiger charge is 2.26. The maximum absolute atomic E-state index is 11.6. The molecule has 0 saturated heterocycles. The first-order chi connectivity index (χ1) is 6.18. The molecule has 0 spiro atoms. The molecule has 0 radical (unpaired) electrons. The summed E-state index contributed by atoms with van der Waals surface area (Å²) in [4.78, 5) is 11.6. The van der Waals surface area contributed by atoms with Crippen molar-refractivity contribution < 1.29 is 4.79 Å². The van der Waals surface area contributed by atoms with Crippen molar-refractivity contribution in [2.75, 3.05) is 0 Å². The third-order valence-corrected chi connectivity index (χ3v) is 2.51. The first kappa shape index (κ1) is 8.41. The SMILES string of the molecule is Cc1nnc(C(=O)CC2CC2)n1C. The van der Waals surface area contributed by atoms with E-state index in [9.17, 15) is 4.79 Å². The number of nitrogens with zero attached hydrogens (tertiary/aromatic N) is 3. The summed E-state index contributed by atoms with van der Waals surface area (Å²) in [7, 11) is 1.83. The number of carbonyl (C=O) groups excluding carboxylic acids is 1. The molecule has 13 heavy (non-hydrogen) atoms. The molecule has 0 unspecified atom stereocenters. The molecular formula is C9H13N3O. The van der Waals surface area contributed by atoms with Crippen molar-refractivity contribution in [1.29, 1.82) is 0 Å². The Morgan fingerprint density at radius 1 is 1.54 bits per heavy atom. The molecule has 4 nitrogen and oxygen atoms in total. The zero-order chi connectivity index (χ0) is 9.42. The van der Waals surface area contributed by atoms with Gasteiger partial charge in [0.1, 0.15) is 5.82 Å². The van der Waals surface area contributed by atoms with Crippen molar-refractivity contribution >= 4 is 5.78 Å². The number of hydrogen-bond donors (Lipinski definition) is 0. The summed E-state index contributed by atoms with van der Waals surface area (Å²) in [6, 6.07) is 0. The first-order valence-electron chi connectivity index (χ1n) is 4.57. The van der Waals surface area contributed by atoms with Crippen LogP contribution in [-0.2, 0) is 7.05 Å². The molecule has 0 N–H and O–H groups in total. The lowest BCUT2D eigenvalue weighted by Gasteiger charge is -1.98. The molecular weight excluding hydrogens is 166 g/mol. The second kappa shape index (κ2) is 2.94. The number of rotatable bonds is 3. The Labute approximate surface area is 77.0 Å². The van der Waals surface area contributed by atoms with Crippen LogP contribution in [0.1, 0.15) is 35.7 Å². The van der Waals surface area contributed by atoms with Crippen molar-refractivity contribution in [3.05, 3.63) is 11.6 Å². The van der Waals surface area contributed by atoms with E-state index < -0.39 is 0 Å². The predicted octanol–water partition coefficient (Wildman–Crippen LogP) is 1.11. The van der Waals surface area contributed by atoms with Crippen molar-refractivity contribution in [1.82, 2.24) is 14.8 Å². The summed E-state index contributed by atoms with van der Waals surface area (Å²) in [6.07, 6.45) is 3.04. The second-order valence-electron chi connectivity index (χ2n) is 3.70. The van der Waals surface area contributed by atoms with Gasteiger partial charge in [-0.2, -0.15) is 0 Å². The van der Waals surface area contributed by atoms with Gasteiger partial charge in [-0.1, -0.05) is 0 Å². The smallest absolute Gasteiger partial charge is 0.200 e. The first-order valence-corrected chi connectivity index (χ1v) is 4.57. The molecule has 1 saturated carbocycles. The van der Waals surface area contributed by atoms with Crippen molar-refractivity contribution in [3.63, 3.8) is 0 Å². The summed E-state index contributed by atoms with van der Waals surface area (Å²) < 4.78 is 1.75. The van der Waals surface area contributed by atoms with Crippen LogP contribution in [0.3, 0.4) is 0 Å². The highest BCUT2D eigenvalue weighted by Crippen LogP contribution is 2.33. The Kier molecular flexibility index (Phi) is 1.90. The molecule has 0 atom stereocenters. The molecule has 1 heterocycles. The van der Waals surface area contributed by atoms with Crippen molar-refractivity contribution in [2.24, 2.45) is 13.0 Å². The summed E-state index contributed by atoms with van der Waals surface area (Å²) in [6.45, 7) is 1.85. The van der Waals surface area contributed by atoms with E-state index in [1.807, 2.05) is 14.0 Å². The Morgan fingerprint density at radius 3 is 2.69 bits per heavy atom. The molecule has 1 aliphatic rings. The van der Waals surface area contributed by atoms with Crippen molar-refractivity contribution in [3.8, 4) is 0 Å². The van der Waals surface area contributed by atoms with Crippen LogP contribution in [0.25, 0.3) is 0 Å². The minimum absolute atomic E-state index is 0.130. The van der Waals surface area contributed by atoms with Crippen LogP contribution in [-0.4, -0.2) is 20.5 Å². The van der Waals surface area contributed by atoms with Gasteiger partial charge in [-0.05, 0) is 25.7 Å². The number of aryl methyl sites for hydroxylation is 1. The highest BCUT2D eigenvalue weighted by atomic mass is 16.1. The zero-order valence-corrected chi connectivity index (χ0v) is 7.95. The fraction of sp³-hybridized carbons (Fsp3) is 0.667. The Morgan fingerprint density at radius 2 is 2.23 bits per heavy atom. The molecule has 4 heteroatoms. The number of Topliss-reactive ketones (excluding diaryl/α,β-unsaturated/α-hetero) is 1. The van der Waals surface area contributed by atoms with Crippen LogP contribution in [0.5, 0.6) is 0 Å². The predicted molar refractivity (Wildman–Crippen MR) is 47.4 cm³/mol. The number of ketones is 1. The molecule has 1 aromatic rings. The molecule has 0 amide bonds. The molecule has 1 aromatic heterocycles. The van der Waals surface area contributed by atoms with Crippen LogP contribution >= 0.6 is 0 Å². The van der Waals surface area contributed by atoms with Crippen LogP contribution in [0.2, 0.25) is 0 Å². The lowest BCUT2D eigenvalue weighted by atomic mass is 10.2. The van der Waals surface area contributed by atoms with E-state index in [2.05, 4.69) is 10.2 Å². The third-order valence-electron chi connectivity index (χ3n) is 2.51. The molecule has 2 rings (SSSR count). The van der Waals surface area contributed by atoms with Gasteiger partial charge >= 0.3 is 0 Å². The van der Waals surface area contributed by atoms with E-state index in [0.717, 1.165) is 5.82 Å². The van der Waals surface area contributed by atoms with E-state index in [1.54, 1.807) is 4.57 Å². The minimum atomic E-state index is 0.130. The van der Waals surface area contributed by atoms with Gasteiger partial charge in [-0.3, -0.25) is 4.79 Å². The van der Waals surface area contributed by atoms with Crippen LogP contribution in [0.15, 0.2) is 0 Å². The summed E-state index contributed by atoms with van der Waals surface area (Å²) in [5.41, 5.74) is 0. The summed E-state index contributed by atoms with van der Waals surface area (Å²) >= 11 is 0. The van der Waals surface area contributed by atoms with Crippen LogP contribution in [0.4, 0.5) is 0 Å². The maximum atomic E-state index is 11.6. The third kappa shape index (κ3) is 1.61. The van der Waals surface area contributed by atoms with Gasteiger partial charge in [-0.15, -0.1) is 10.2 Å². The molecule has 0 bridgehead atoms. The van der Waals surface area contributed by atoms with Gasteiger partial charge in [-0.25, -0.2) is 0 Å². The van der Waals surface area contributed by atoms with Crippen LogP contribution < -0.4 is 0 Å².